The van der Waals surface area contributed by atoms with Crippen LogP contribution in [0.25, 0.3) is 11.1 Å². The standard InChI is InChI=1S/C32H32ClF2NO2/c1-20-15-26(33)10-12-27(20)29-4-2-3-24-17-25(32(37)38)9-11-28(24)31(29)23-7-5-21(6-8-23)16-22-18-36(19-22)14-13-30(34)35/h5-12,15,17,22,30H,2-4,13-14,16,18-19H2,1H3,(H,37,38). The van der Waals surface area contributed by atoms with Gasteiger partial charge in [-0.25, -0.2) is 13.6 Å². The average molecular weight is 536 g/mol. The molecule has 0 atom stereocenters. The van der Waals surface area contributed by atoms with Crippen LogP contribution in [0.5, 0.6) is 0 Å². The average Bonchev–Trinajstić information content (AvgIpc) is 3.04. The fraction of sp³-hybridized carbons (Fsp3) is 0.344. The summed E-state index contributed by atoms with van der Waals surface area (Å²) in [6, 6.07) is 20.2. The first-order valence-corrected chi connectivity index (χ1v) is 13.6. The van der Waals surface area contributed by atoms with Crippen molar-refractivity contribution >= 4 is 28.7 Å². The van der Waals surface area contributed by atoms with Crippen molar-refractivity contribution in [3.05, 3.63) is 105 Å². The van der Waals surface area contributed by atoms with Crippen molar-refractivity contribution in [1.82, 2.24) is 4.90 Å². The maximum absolute atomic E-state index is 12.5. The number of carbonyl (C=O) groups is 1. The van der Waals surface area contributed by atoms with E-state index in [-0.39, 0.29) is 6.42 Å². The van der Waals surface area contributed by atoms with E-state index in [0.717, 1.165) is 66.6 Å². The predicted octanol–water partition coefficient (Wildman–Crippen LogP) is 7.77. The molecule has 1 heterocycles. The molecule has 1 N–H and O–H groups in total. The topological polar surface area (TPSA) is 40.5 Å². The van der Waals surface area contributed by atoms with Crippen LogP contribution in [0.15, 0.2) is 60.7 Å². The highest BCUT2D eigenvalue weighted by atomic mass is 35.5. The Balaban J connectivity index is 1.47. The minimum Gasteiger partial charge on any atom is -0.478 e. The quantitative estimate of drug-likeness (QED) is 0.320. The molecule has 0 spiro atoms. The molecule has 0 amide bonds. The zero-order valence-electron chi connectivity index (χ0n) is 21.5. The zero-order chi connectivity index (χ0) is 26.8. The van der Waals surface area contributed by atoms with Crippen LogP contribution in [0, 0.1) is 12.8 Å². The Labute approximate surface area is 227 Å². The number of carboxylic acids is 1. The largest absolute Gasteiger partial charge is 0.478 e. The molecule has 2 aliphatic rings. The first-order valence-electron chi connectivity index (χ1n) is 13.2. The molecule has 1 saturated heterocycles. The van der Waals surface area contributed by atoms with Crippen molar-refractivity contribution in [2.45, 2.75) is 45.5 Å². The number of rotatable bonds is 8. The SMILES string of the molecule is Cc1cc(Cl)ccc1C1=C(c2ccc(CC3CN(CCC(F)F)C3)cc2)c2ccc(C(=O)O)cc2CCC1. The first kappa shape index (κ1) is 26.6. The van der Waals surface area contributed by atoms with Crippen molar-refractivity contribution in [2.24, 2.45) is 5.92 Å². The van der Waals surface area contributed by atoms with Crippen LogP contribution in [-0.2, 0) is 12.8 Å². The number of hydrogen-bond acceptors (Lipinski definition) is 2. The third-order valence-corrected chi connectivity index (χ3v) is 8.01. The van der Waals surface area contributed by atoms with Crippen LogP contribution in [0.1, 0.15) is 63.0 Å². The minimum atomic E-state index is -2.23. The van der Waals surface area contributed by atoms with Crippen molar-refractivity contribution in [3.63, 3.8) is 0 Å². The van der Waals surface area contributed by atoms with Crippen LogP contribution >= 0.6 is 11.6 Å². The maximum atomic E-state index is 12.5. The second-order valence-corrected chi connectivity index (χ2v) is 11.0. The Morgan fingerprint density at radius 2 is 1.76 bits per heavy atom. The Morgan fingerprint density at radius 3 is 2.45 bits per heavy atom. The number of alkyl halides is 2. The number of nitrogens with zero attached hydrogens (tertiary/aromatic N) is 1. The summed E-state index contributed by atoms with van der Waals surface area (Å²) in [7, 11) is 0. The molecule has 0 unspecified atom stereocenters. The third kappa shape index (κ3) is 5.84. The molecule has 0 radical (unpaired) electrons. The summed E-state index contributed by atoms with van der Waals surface area (Å²) in [6.45, 7) is 4.30. The Kier molecular flexibility index (Phi) is 7.96. The highest BCUT2D eigenvalue weighted by molar-refractivity contribution is 6.30. The van der Waals surface area contributed by atoms with Crippen molar-refractivity contribution in [1.29, 1.82) is 0 Å². The molecule has 0 bridgehead atoms. The predicted molar refractivity (Wildman–Crippen MR) is 149 cm³/mol. The van der Waals surface area contributed by atoms with Gasteiger partial charge in [0.25, 0.3) is 0 Å². The van der Waals surface area contributed by atoms with Crippen molar-refractivity contribution < 1.29 is 18.7 Å². The lowest BCUT2D eigenvalue weighted by molar-refractivity contribution is 0.0626. The van der Waals surface area contributed by atoms with Gasteiger partial charge in [0.15, 0.2) is 0 Å². The summed E-state index contributed by atoms with van der Waals surface area (Å²) in [4.78, 5) is 13.8. The molecular formula is C32H32ClF2NO2. The van der Waals surface area contributed by atoms with Crippen LogP contribution < -0.4 is 0 Å². The van der Waals surface area contributed by atoms with Gasteiger partial charge in [0.1, 0.15) is 0 Å². The van der Waals surface area contributed by atoms with Gasteiger partial charge >= 0.3 is 5.97 Å². The highest BCUT2D eigenvalue weighted by Crippen LogP contribution is 2.41. The summed E-state index contributed by atoms with van der Waals surface area (Å²) in [5.74, 6) is -0.414. The van der Waals surface area contributed by atoms with Gasteiger partial charge in [0, 0.05) is 31.1 Å². The molecule has 3 aromatic rings. The van der Waals surface area contributed by atoms with Crippen LogP contribution in [-0.4, -0.2) is 42.0 Å². The van der Waals surface area contributed by atoms with Crippen LogP contribution in [0.3, 0.4) is 0 Å². The van der Waals surface area contributed by atoms with Gasteiger partial charge < -0.3 is 10.0 Å². The van der Waals surface area contributed by atoms with Gasteiger partial charge in [-0.05, 0) is 107 Å². The first-order chi connectivity index (χ1) is 18.3. The summed E-state index contributed by atoms with van der Waals surface area (Å²) < 4.78 is 25.0. The van der Waals surface area contributed by atoms with Crippen molar-refractivity contribution in [2.75, 3.05) is 19.6 Å². The van der Waals surface area contributed by atoms with Gasteiger partial charge in [0.2, 0.25) is 6.43 Å². The summed E-state index contributed by atoms with van der Waals surface area (Å²) >= 11 is 6.28. The molecule has 1 aliphatic carbocycles. The number of halogens is 3. The van der Waals surface area contributed by atoms with Gasteiger partial charge in [-0.15, -0.1) is 0 Å². The second-order valence-electron chi connectivity index (χ2n) is 10.5. The molecule has 1 aliphatic heterocycles. The molecule has 38 heavy (non-hydrogen) atoms. The van der Waals surface area contributed by atoms with E-state index in [4.69, 9.17) is 11.6 Å². The van der Waals surface area contributed by atoms with E-state index in [1.54, 1.807) is 6.07 Å². The Hall–Kier alpha value is -3.02. The summed E-state index contributed by atoms with van der Waals surface area (Å²) in [5.41, 5.74) is 9.49. The Bertz CT molecular complexity index is 1360. The molecule has 6 heteroatoms. The van der Waals surface area contributed by atoms with E-state index in [9.17, 15) is 18.7 Å². The number of aromatic carboxylic acids is 1. The number of allylic oxidation sites excluding steroid dienone is 1. The number of likely N-dealkylation sites (tertiary alicyclic amines) is 1. The number of hydrogen-bond donors (Lipinski definition) is 1. The molecule has 0 saturated carbocycles. The number of carboxylic acid groups (broad SMARTS) is 1. The van der Waals surface area contributed by atoms with E-state index in [1.807, 2.05) is 24.3 Å². The third-order valence-electron chi connectivity index (χ3n) is 7.77. The summed E-state index contributed by atoms with van der Waals surface area (Å²) in [5, 5.41) is 10.3. The molecule has 1 fully saturated rings. The molecular weight excluding hydrogens is 504 g/mol. The lowest BCUT2D eigenvalue weighted by Crippen LogP contribution is -2.48. The van der Waals surface area contributed by atoms with Gasteiger partial charge in [-0.3, -0.25) is 0 Å². The maximum Gasteiger partial charge on any atom is 0.335 e. The fourth-order valence-electron chi connectivity index (χ4n) is 5.89. The van der Waals surface area contributed by atoms with E-state index in [2.05, 4.69) is 42.2 Å². The van der Waals surface area contributed by atoms with E-state index < -0.39 is 12.4 Å². The monoisotopic (exact) mass is 535 g/mol. The minimum absolute atomic E-state index is 0.0542. The van der Waals surface area contributed by atoms with Crippen molar-refractivity contribution in [3.8, 4) is 0 Å². The molecule has 0 aromatic heterocycles. The molecule has 198 valence electrons. The van der Waals surface area contributed by atoms with E-state index in [1.165, 1.54) is 16.7 Å². The number of fused-ring (bicyclic) bond motifs is 1. The van der Waals surface area contributed by atoms with Gasteiger partial charge in [-0.1, -0.05) is 48.0 Å². The number of benzene rings is 3. The second kappa shape index (κ2) is 11.4. The smallest absolute Gasteiger partial charge is 0.335 e. The van der Waals surface area contributed by atoms with E-state index in [0.29, 0.717) is 23.0 Å². The highest BCUT2D eigenvalue weighted by Gasteiger charge is 2.27. The lowest BCUT2D eigenvalue weighted by atomic mass is 9.85. The lowest BCUT2D eigenvalue weighted by Gasteiger charge is -2.39. The van der Waals surface area contributed by atoms with E-state index >= 15 is 0 Å². The normalized spacial score (nSPS) is 16.3. The summed E-state index contributed by atoms with van der Waals surface area (Å²) in [6.07, 6.45) is 1.28. The Morgan fingerprint density at radius 1 is 1.03 bits per heavy atom. The molecule has 3 nitrogen and oxygen atoms in total. The number of aryl methyl sites for hydroxylation is 2. The zero-order valence-corrected chi connectivity index (χ0v) is 22.3. The van der Waals surface area contributed by atoms with Crippen LogP contribution in [0.2, 0.25) is 5.02 Å². The fourth-order valence-corrected chi connectivity index (χ4v) is 6.12. The molecule has 3 aromatic carbocycles. The molecule has 5 rings (SSSR count). The van der Waals surface area contributed by atoms with Crippen LogP contribution in [0.4, 0.5) is 8.78 Å². The van der Waals surface area contributed by atoms with Gasteiger partial charge in [-0.2, -0.15) is 0 Å². The van der Waals surface area contributed by atoms with Gasteiger partial charge in [0.05, 0.1) is 5.56 Å².